The van der Waals surface area contributed by atoms with Crippen molar-refractivity contribution in [2.75, 3.05) is 19.5 Å². The molecule has 0 aliphatic carbocycles. The molecule has 3 aromatic rings. The van der Waals surface area contributed by atoms with Gasteiger partial charge in [0.1, 0.15) is 5.82 Å². The minimum absolute atomic E-state index is 0.0970. The van der Waals surface area contributed by atoms with Gasteiger partial charge in [-0.3, -0.25) is 0 Å². The number of halogens is 3. The number of hydrogen-bond donors (Lipinski definition) is 3. The van der Waals surface area contributed by atoms with Crippen LogP contribution in [0.15, 0.2) is 30.3 Å². The molecule has 3 rings (SSSR count). The van der Waals surface area contributed by atoms with Gasteiger partial charge in [0, 0.05) is 17.1 Å². The lowest BCUT2D eigenvalue weighted by Gasteiger charge is -2.15. The summed E-state index contributed by atoms with van der Waals surface area (Å²) in [4.78, 5) is 29.6. The molecular weight excluding hydrogens is 423 g/mol. The Balaban J connectivity index is 2.25. The van der Waals surface area contributed by atoms with Gasteiger partial charge in [-0.25, -0.2) is 19.6 Å². The van der Waals surface area contributed by atoms with Crippen molar-refractivity contribution in [3.63, 3.8) is 0 Å². The third-order valence-electron chi connectivity index (χ3n) is 4.14. The van der Waals surface area contributed by atoms with Crippen molar-refractivity contribution in [1.82, 2.24) is 9.97 Å². The van der Waals surface area contributed by atoms with Crippen molar-refractivity contribution < 1.29 is 42.4 Å². The van der Waals surface area contributed by atoms with Crippen LogP contribution in [-0.4, -0.2) is 46.3 Å². The summed E-state index contributed by atoms with van der Waals surface area (Å²) < 4.78 is 50.3. The Morgan fingerprint density at radius 1 is 0.903 bits per heavy atom. The molecule has 12 heteroatoms. The number of anilines is 2. The predicted molar refractivity (Wildman–Crippen MR) is 101 cm³/mol. The largest absolute Gasteiger partial charge is 0.493 e. The first-order valence-electron chi connectivity index (χ1n) is 8.43. The summed E-state index contributed by atoms with van der Waals surface area (Å²) in [5.74, 6) is -4.30. The number of ether oxygens (including phenoxy) is 2. The number of rotatable bonds is 6. The lowest BCUT2D eigenvalue weighted by molar-refractivity contribution is -0.144. The van der Waals surface area contributed by atoms with E-state index in [9.17, 15) is 33.0 Å². The molecule has 0 amide bonds. The van der Waals surface area contributed by atoms with Gasteiger partial charge in [0.15, 0.2) is 11.5 Å². The molecule has 162 valence electrons. The van der Waals surface area contributed by atoms with Crippen LogP contribution in [0.5, 0.6) is 11.5 Å². The van der Waals surface area contributed by atoms with Crippen LogP contribution >= 0.6 is 0 Å². The van der Waals surface area contributed by atoms with Gasteiger partial charge in [-0.15, -0.1) is 0 Å². The van der Waals surface area contributed by atoms with Crippen LogP contribution in [-0.2, 0) is 6.18 Å². The lowest BCUT2D eigenvalue weighted by Crippen LogP contribution is -2.13. The molecule has 0 saturated heterocycles. The number of alkyl halides is 3. The summed E-state index contributed by atoms with van der Waals surface area (Å²) in [6.45, 7) is 0. The second-order valence-electron chi connectivity index (χ2n) is 6.15. The Hall–Kier alpha value is -4.09. The molecule has 0 aliphatic heterocycles. The summed E-state index contributed by atoms with van der Waals surface area (Å²) in [6.07, 6.45) is -4.88. The fourth-order valence-electron chi connectivity index (χ4n) is 2.76. The molecular formula is C19H14F3N3O6. The van der Waals surface area contributed by atoms with Gasteiger partial charge < -0.3 is 25.0 Å². The average molecular weight is 437 g/mol. The first kappa shape index (κ1) is 21.6. The first-order valence-corrected chi connectivity index (χ1v) is 8.43. The fourth-order valence-corrected chi connectivity index (χ4v) is 2.76. The normalized spacial score (nSPS) is 11.3. The smallest absolute Gasteiger partial charge is 0.451 e. The quantitative estimate of drug-likeness (QED) is 0.527. The predicted octanol–water partition coefficient (Wildman–Crippen LogP) is 3.81. The number of benzene rings is 2. The average Bonchev–Trinajstić information content (AvgIpc) is 2.71. The number of carboxylic acid groups (broad SMARTS) is 2. The van der Waals surface area contributed by atoms with Crippen LogP contribution in [0.3, 0.4) is 0 Å². The Bertz CT molecular complexity index is 1160. The van der Waals surface area contributed by atoms with E-state index in [1.165, 1.54) is 26.4 Å². The highest BCUT2D eigenvalue weighted by Gasteiger charge is 2.36. The number of aromatic nitrogens is 2. The second-order valence-corrected chi connectivity index (χ2v) is 6.15. The molecule has 31 heavy (non-hydrogen) atoms. The van der Waals surface area contributed by atoms with Gasteiger partial charge in [0.25, 0.3) is 0 Å². The van der Waals surface area contributed by atoms with Gasteiger partial charge in [-0.2, -0.15) is 13.2 Å². The van der Waals surface area contributed by atoms with Crippen LogP contribution in [0.2, 0.25) is 0 Å². The third-order valence-corrected chi connectivity index (χ3v) is 4.14. The summed E-state index contributed by atoms with van der Waals surface area (Å²) in [5.41, 5.74) is -0.984. The standard InChI is InChI=1S/C19H14F3N3O6/c1-30-13-6-11-12(7-14(13)31-2)24-18(19(20,21)22)25-15(11)23-10-4-8(16(26)27)3-9(5-10)17(28)29/h3-7H,1-2H3,(H,26,27)(H,28,29)(H,23,24,25). The number of fused-ring (bicyclic) bond motifs is 1. The molecule has 1 aromatic heterocycles. The molecule has 0 radical (unpaired) electrons. The zero-order chi connectivity index (χ0) is 22.9. The van der Waals surface area contributed by atoms with Gasteiger partial charge >= 0.3 is 18.1 Å². The number of hydrogen-bond acceptors (Lipinski definition) is 7. The highest BCUT2D eigenvalue weighted by atomic mass is 19.4. The van der Waals surface area contributed by atoms with Gasteiger partial charge in [0.2, 0.25) is 5.82 Å². The van der Waals surface area contributed by atoms with Gasteiger partial charge in [-0.05, 0) is 24.3 Å². The zero-order valence-corrected chi connectivity index (χ0v) is 15.9. The van der Waals surface area contributed by atoms with Crippen molar-refractivity contribution in [2.45, 2.75) is 6.18 Å². The van der Waals surface area contributed by atoms with Crippen LogP contribution < -0.4 is 14.8 Å². The minimum atomic E-state index is -4.88. The maximum atomic E-state index is 13.3. The number of aromatic carboxylic acids is 2. The maximum absolute atomic E-state index is 13.3. The molecule has 0 fully saturated rings. The van der Waals surface area contributed by atoms with Gasteiger partial charge in [0.05, 0.1) is 30.9 Å². The first-order chi connectivity index (χ1) is 14.5. The Labute approximate surface area is 172 Å². The number of methoxy groups -OCH3 is 2. The van der Waals surface area contributed by atoms with Crippen molar-refractivity contribution in [2.24, 2.45) is 0 Å². The molecule has 2 aromatic carbocycles. The van der Waals surface area contributed by atoms with E-state index < -0.39 is 23.9 Å². The van der Waals surface area contributed by atoms with E-state index in [4.69, 9.17) is 9.47 Å². The van der Waals surface area contributed by atoms with E-state index in [1.807, 2.05) is 0 Å². The van der Waals surface area contributed by atoms with Crippen LogP contribution in [0, 0.1) is 0 Å². The van der Waals surface area contributed by atoms with E-state index in [0.29, 0.717) is 0 Å². The van der Waals surface area contributed by atoms with Crippen molar-refractivity contribution in [1.29, 1.82) is 0 Å². The molecule has 0 unspecified atom stereocenters. The van der Waals surface area contributed by atoms with E-state index in [0.717, 1.165) is 18.2 Å². The second kappa shape index (κ2) is 7.97. The number of nitrogens with one attached hydrogen (secondary N) is 1. The van der Waals surface area contributed by atoms with Crippen LogP contribution in [0.4, 0.5) is 24.7 Å². The summed E-state index contributed by atoms with van der Waals surface area (Å²) in [5, 5.41) is 21.1. The molecule has 0 aliphatic rings. The maximum Gasteiger partial charge on any atom is 0.451 e. The topological polar surface area (TPSA) is 131 Å². The molecule has 3 N–H and O–H groups in total. The van der Waals surface area contributed by atoms with Crippen molar-refractivity contribution in [3.05, 3.63) is 47.3 Å². The summed E-state index contributed by atoms with van der Waals surface area (Å²) in [6, 6.07) is 5.62. The fraction of sp³-hybridized carbons (Fsp3) is 0.158. The highest BCUT2D eigenvalue weighted by molar-refractivity contribution is 5.97. The third kappa shape index (κ3) is 4.42. The van der Waals surface area contributed by atoms with Crippen molar-refractivity contribution >= 4 is 34.3 Å². The van der Waals surface area contributed by atoms with Gasteiger partial charge in [-0.1, -0.05) is 0 Å². The molecule has 0 bridgehead atoms. The molecule has 0 atom stereocenters. The summed E-state index contributed by atoms with van der Waals surface area (Å²) in [7, 11) is 2.64. The molecule has 9 nitrogen and oxygen atoms in total. The Kier molecular flexibility index (Phi) is 5.56. The summed E-state index contributed by atoms with van der Waals surface area (Å²) >= 11 is 0. The van der Waals surface area contributed by atoms with E-state index in [-0.39, 0.29) is 45.0 Å². The Morgan fingerprint density at radius 2 is 1.45 bits per heavy atom. The number of carboxylic acids is 2. The monoisotopic (exact) mass is 437 g/mol. The molecule has 0 saturated carbocycles. The molecule has 1 heterocycles. The van der Waals surface area contributed by atoms with E-state index in [1.54, 1.807) is 0 Å². The van der Waals surface area contributed by atoms with E-state index >= 15 is 0 Å². The molecule has 0 spiro atoms. The van der Waals surface area contributed by atoms with Crippen molar-refractivity contribution in [3.8, 4) is 11.5 Å². The van der Waals surface area contributed by atoms with Crippen LogP contribution in [0.25, 0.3) is 10.9 Å². The lowest BCUT2D eigenvalue weighted by atomic mass is 10.1. The number of nitrogens with zero attached hydrogens (tertiary/aromatic N) is 2. The van der Waals surface area contributed by atoms with E-state index in [2.05, 4.69) is 15.3 Å². The number of carbonyl (C=O) groups is 2. The van der Waals surface area contributed by atoms with Crippen LogP contribution in [0.1, 0.15) is 26.5 Å². The highest BCUT2D eigenvalue weighted by Crippen LogP contribution is 2.37. The Morgan fingerprint density at radius 3 is 1.94 bits per heavy atom. The zero-order valence-electron chi connectivity index (χ0n) is 15.9. The SMILES string of the molecule is COc1cc2nc(C(F)(F)F)nc(Nc3cc(C(=O)O)cc(C(=O)O)c3)c2cc1OC. The minimum Gasteiger partial charge on any atom is -0.493 e.